The number of nitrogens with one attached hydrogen (secondary N) is 1. The monoisotopic (exact) mass is 359 g/mol. The van der Waals surface area contributed by atoms with E-state index in [4.69, 9.17) is 0 Å². The first kappa shape index (κ1) is 18.0. The van der Waals surface area contributed by atoms with Crippen molar-refractivity contribution in [3.63, 3.8) is 0 Å². The van der Waals surface area contributed by atoms with E-state index in [1.54, 1.807) is 4.90 Å². The first-order valence-corrected chi connectivity index (χ1v) is 10.3. The Balaban J connectivity index is 2.06. The minimum atomic E-state index is -3.05. The highest BCUT2D eigenvalue weighted by molar-refractivity contribution is 7.99. The fraction of sp³-hybridized carbons (Fsp3) is 0.643. The molecule has 1 saturated heterocycles. The van der Waals surface area contributed by atoms with Gasteiger partial charge in [-0.15, -0.1) is 0 Å². The van der Waals surface area contributed by atoms with Gasteiger partial charge in [-0.2, -0.15) is 0 Å². The third kappa shape index (κ3) is 4.81. The highest BCUT2D eigenvalue weighted by Crippen LogP contribution is 2.23. The number of sulfone groups is 1. The number of aromatic nitrogens is 2. The van der Waals surface area contributed by atoms with Gasteiger partial charge >= 0.3 is 0 Å². The Labute approximate surface area is 139 Å². The topological polar surface area (TPSA) is 100 Å². The van der Waals surface area contributed by atoms with Crippen molar-refractivity contribution in [1.82, 2.24) is 14.9 Å². The van der Waals surface area contributed by atoms with Crippen LogP contribution in [-0.4, -0.2) is 58.5 Å². The van der Waals surface area contributed by atoms with Gasteiger partial charge in [0.05, 0.1) is 17.3 Å². The molecule has 2 heterocycles. The Morgan fingerprint density at radius 1 is 1.57 bits per heavy atom. The first-order valence-electron chi connectivity index (χ1n) is 7.52. The largest absolute Gasteiger partial charge is 0.335 e. The summed E-state index contributed by atoms with van der Waals surface area (Å²) in [5, 5.41) is 0.383. The van der Waals surface area contributed by atoms with Crippen molar-refractivity contribution in [3.8, 4) is 0 Å². The van der Waals surface area contributed by atoms with Gasteiger partial charge in [-0.25, -0.2) is 13.4 Å². The van der Waals surface area contributed by atoms with Crippen LogP contribution in [0.2, 0.25) is 0 Å². The van der Waals surface area contributed by atoms with Crippen LogP contribution in [-0.2, 0) is 14.6 Å². The summed E-state index contributed by atoms with van der Waals surface area (Å²) in [6.45, 7) is 3.90. The number of H-pyrrole nitrogens is 1. The van der Waals surface area contributed by atoms with Crippen LogP contribution in [0.15, 0.2) is 22.2 Å². The second-order valence-electron chi connectivity index (χ2n) is 5.64. The zero-order valence-corrected chi connectivity index (χ0v) is 14.8. The van der Waals surface area contributed by atoms with E-state index in [1.165, 1.54) is 12.3 Å². The minimum absolute atomic E-state index is 0.0239. The maximum atomic E-state index is 12.6. The molecular formula is C14H21N3O4S2. The predicted octanol–water partition coefficient (Wildman–Crippen LogP) is 0.676. The molecule has 1 aromatic rings. The molecule has 0 unspecified atom stereocenters. The molecule has 0 bridgehead atoms. The van der Waals surface area contributed by atoms with Crippen LogP contribution >= 0.6 is 11.8 Å². The third-order valence-electron chi connectivity index (χ3n) is 3.94. The Morgan fingerprint density at radius 2 is 2.30 bits per heavy atom. The normalized spacial score (nSPS) is 21.0. The molecule has 2 atom stereocenters. The van der Waals surface area contributed by atoms with Gasteiger partial charge in [0, 0.05) is 24.3 Å². The first-order chi connectivity index (χ1) is 10.8. The Bertz CT molecular complexity index is 717. The summed E-state index contributed by atoms with van der Waals surface area (Å²) in [6, 6.07) is 1.02. The molecular weight excluding hydrogens is 338 g/mol. The fourth-order valence-electron chi connectivity index (χ4n) is 2.63. The number of rotatable bonds is 6. The molecule has 0 spiro atoms. The molecule has 9 heteroatoms. The van der Waals surface area contributed by atoms with Crippen molar-refractivity contribution in [3.05, 3.63) is 22.6 Å². The van der Waals surface area contributed by atoms with Crippen LogP contribution in [0.25, 0.3) is 0 Å². The summed E-state index contributed by atoms with van der Waals surface area (Å²) in [6.07, 6.45) is 2.64. The summed E-state index contributed by atoms with van der Waals surface area (Å²) >= 11 is 1.15. The number of amides is 1. The summed E-state index contributed by atoms with van der Waals surface area (Å²) in [7, 11) is -3.05. The van der Waals surface area contributed by atoms with Gasteiger partial charge in [0.15, 0.2) is 15.0 Å². The molecule has 0 saturated carbocycles. The Hall–Kier alpha value is -1.35. The van der Waals surface area contributed by atoms with Gasteiger partial charge in [0.1, 0.15) is 0 Å². The van der Waals surface area contributed by atoms with Gasteiger partial charge in [-0.05, 0) is 19.8 Å². The number of nitrogens with zero attached hydrogens (tertiary/aromatic N) is 2. The molecule has 1 aliphatic heterocycles. The summed E-state index contributed by atoms with van der Waals surface area (Å²) < 4.78 is 23.4. The molecule has 0 radical (unpaired) electrons. The van der Waals surface area contributed by atoms with Crippen molar-refractivity contribution in [2.24, 2.45) is 0 Å². The van der Waals surface area contributed by atoms with E-state index in [9.17, 15) is 18.0 Å². The second kappa shape index (κ2) is 7.48. The average molecular weight is 359 g/mol. The van der Waals surface area contributed by atoms with Crippen LogP contribution in [0.1, 0.15) is 26.7 Å². The van der Waals surface area contributed by atoms with E-state index in [0.717, 1.165) is 18.2 Å². The van der Waals surface area contributed by atoms with E-state index in [1.807, 2.05) is 13.8 Å². The van der Waals surface area contributed by atoms with E-state index in [0.29, 0.717) is 11.6 Å². The van der Waals surface area contributed by atoms with Crippen LogP contribution in [0.4, 0.5) is 0 Å². The SMILES string of the molecule is CC[C@@H](C)N(C(=O)CSc1nccc(=O)[nH]1)[C@H]1CCS(=O)(=O)C1. The van der Waals surface area contributed by atoms with Gasteiger partial charge in [-0.1, -0.05) is 18.7 Å². The Kier molecular flexibility index (Phi) is 5.85. The summed E-state index contributed by atoms with van der Waals surface area (Å²) in [5.74, 6) is 0.165. The average Bonchev–Trinajstić information content (AvgIpc) is 2.85. The van der Waals surface area contributed by atoms with Gasteiger partial charge in [0.25, 0.3) is 5.56 Å². The molecule has 23 heavy (non-hydrogen) atoms. The molecule has 7 nitrogen and oxygen atoms in total. The van der Waals surface area contributed by atoms with Crippen molar-refractivity contribution in [1.29, 1.82) is 0 Å². The van der Waals surface area contributed by atoms with E-state index >= 15 is 0 Å². The number of aromatic amines is 1. The maximum Gasteiger partial charge on any atom is 0.251 e. The molecule has 128 valence electrons. The lowest BCUT2D eigenvalue weighted by atomic mass is 10.1. The summed E-state index contributed by atoms with van der Waals surface area (Å²) in [4.78, 5) is 32.1. The van der Waals surface area contributed by atoms with E-state index in [2.05, 4.69) is 9.97 Å². The quantitative estimate of drug-likeness (QED) is 0.592. The lowest BCUT2D eigenvalue weighted by Crippen LogP contribution is -2.47. The lowest BCUT2D eigenvalue weighted by molar-refractivity contribution is -0.132. The lowest BCUT2D eigenvalue weighted by Gasteiger charge is -2.33. The van der Waals surface area contributed by atoms with Crippen molar-refractivity contribution >= 4 is 27.5 Å². The highest BCUT2D eigenvalue weighted by atomic mass is 32.2. The van der Waals surface area contributed by atoms with Crippen LogP contribution < -0.4 is 5.56 Å². The van der Waals surface area contributed by atoms with Crippen LogP contribution in [0.3, 0.4) is 0 Å². The van der Waals surface area contributed by atoms with Crippen molar-refractivity contribution < 1.29 is 13.2 Å². The summed E-state index contributed by atoms with van der Waals surface area (Å²) in [5.41, 5.74) is -0.268. The highest BCUT2D eigenvalue weighted by Gasteiger charge is 2.36. The number of hydrogen-bond acceptors (Lipinski definition) is 6. The smallest absolute Gasteiger partial charge is 0.251 e. The second-order valence-corrected chi connectivity index (χ2v) is 8.84. The minimum Gasteiger partial charge on any atom is -0.335 e. The molecule has 1 fully saturated rings. The van der Waals surface area contributed by atoms with Crippen LogP contribution in [0.5, 0.6) is 0 Å². The number of carbonyl (C=O) groups excluding carboxylic acids is 1. The molecule has 2 rings (SSSR count). The number of hydrogen-bond donors (Lipinski definition) is 1. The molecule has 1 amide bonds. The van der Waals surface area contributed by atoms with Crippen LogP contribution in [0, 0.1) is 0 Å². The van der Waals surface area contributed by atoms with Crippen molar-refractivity contribution in [2.45, 2.75) is 43.9 Å². The standard InChI is InChI=1S/C14H21N3O4S2/c1-3-10(2)17(11-5-7-23(20,21)9-11)13(19)8-22-14-15-6-4-12(18)16-14/h4,6,10-11H,3,5,7-9H2,1-2H3,(H,15,16,18)/t10-,11+/m1/s1. The molecule has 0 aromatic carbocycles. The van der Waals surface area contributed by atoms with Gasteiger partial charge in [-0.3, -0.25) is 9.59 Å². The van der Waals surface area contributed by atoms with E-state index in [-0.39, 0.29) is 40.8 Å². The van der Waals surface area contributed by atoms with Gasteiger partial charge in [0.2, 0.25) is 5.91 Å². The van der Waals surface area contributed by atoms with E-state index < -0.39 is 9.84 Å². The molecule has 1 aliphatic rings. The Morgan fingerprint density at radius 3 is 2.87 bits per heavy atom. The zero-order chi connectivity index (χ0) is 17.0. The maximum absolute atomic E-state index is 12.6. The number of thioether (sulfide) groups is 1. The predicted molar refractivity (Wildman–Crippen MR) is 89.2 cm³/mol. The molecule has 0 aliphatic carbocycles. The fourth-order valence-corrected chi connectivity index (χ4v) is 5.06. The van der Waals surface area contributed by atoms with Gasteiger partial charge < -0.3 is 9.88 Å². The molecule has 1 aromatic heterocycles. The number of carbonyl (C=O) groups is 1. The zero-order valence-electron chi connectivity index (χ0n) is 13.2. The van der Waals surface area contributed by atoms with Crippen molar-refractivity contribution in [2.75, 3.05) is 17.3 Å². The third-order valence-corrected chi connectivity index (χ3v) is 6.56. The molecule has 1 N–H and O–H groups in total.